The van der Waals surface area contributed by atoms with Crippen LogP contribution in [0.3, 0.4) is 0 Å². The largest absolute Gasteiger partial charge is 0.506 e. The molecule has 0 aliphatic carbocycles. The first kappa shape index (κ1) is 41.3. The third-order valence-corrected chi connectivity index (χ3v) is 12.4. The van der Waals surface area contributed by atoms with Crippen LogP contribution < -0.4 is 5.32 Å². The van der Waals surface area contributed by atoms with E-state index < -0.39 is 11.9 Å². The van der Waals surface area contributed by atoms with Crippen LogP contribution in [0, 0.1) is 17.8 Å². The van der Waals surface area contributed by atoms with Crippen molar-refractivity contribution in [2.75, 3.05) is 65.3 Å². The molecule has 4 aliphatic heterocycles. The Morgan fingerprint density at radius 2 is 1.37 bits per heavy atom. The minimum Gasteiger partial charge on any atom is -0.506 e. The molecular formula is C39H51Br2N5O8. The molecule has 0 bridgehead atoms. The number of nitrogens with one attached hydrogen (secondary N) is 1. The van der Waals surface area contributed by atoms with Crippen LogP contribution in [0.25, 0.3) is 0 Å². The second-order valence-electron chi connectivity index (χ2n) is 14.5. The standard InChI is InChI=1S/C23H30Br2N2O5.C16H21N3O3/c1-14(11-15-12-18(24)20(28)19(25)13-15)21(29)26-7-3-16(4-8-26)17-5-9-27(10-6-17)22(30)23(31)32-2;1-22-16(21)18-9-7-13(8-10-18)19-11-6-12-4-2-3-5-14(12)17-15(19)20/h12-14,16-17,28H,3-11H2,1-2H3;2-5,13H,6-11H2,1H3,(H,17,20)/t14-;/m1./s1. The molecule has 0 radical (unpaired) electrons. The highest BCUT2D eigenvalue weighted by Gasteiger charge is 2.35. The summed E-state index contributed by atoms with van der Waals surface area (Å²) in [5.74, 6) is -0.0729. The van der Waals surface area contributed by atoms with Crippen LogP contribution in [0.2, 0.25) is 0 Å². The summed E-state index contributed by atoms with van der Waals surface area (Å²) < 4.78 is 10.5. The van der Waals surface area contributed by atoms with Crippen LogP contribution in [0.5, 0.6) is 5.75 Å². The molecule has 0 saturated carbocycles. The fourth-order valence-electron chi connectivity index (χ4n) is 8.10. The summed E-state index contributed by atoms with van der Waals surface area (Å²) in [6.45, 7) is 6.64. The van der Waals surface area contributed by atoms with Crippen molar-refractivity contribution in [3.8, 4) is 5.75 Å². The van der Waals surface area contributed by atoms with Gasteiger partial charge in [0.1, 0.15) is 5.75 Å². The van der Waals surface area contributed by atoms with Crippen molar-refractivity contribution in [2.24, 2.45) is 17.8 Å². The number of fused-ring (bicyclic) bond motifs is 1. The summed E-state index contributed by atoms with van der Waals surface area (Å²) in [5, 5.41) is 12.9. The predicted molar refractivity (Wildman–Crippen MR) is 210 cm³/mol. The predicted octanol–water partition coefficient (Wildman–Crippen LogP) is 6.05. The van der Waals surface area contributed by atoms with E-state index in [0.29, 0.717) is 59.9 Å². The molecule has 15 heteroatoms. The number of hydrogen-bond acceptors (Lipinski definition) is 8. The Labute approximate surface area is 333 Å². The number of esters is 1. The first-order chi connectivity index (χ1) is 25.9. The number of carbonyl (C=O) groups excluding carboxylic acids is 5. The number of carbonyl (C=O) groups is 5. The number of rotatable bonds is 5. The fourth-order valence-corrected chi connectivity index (χ4v) is 9.38. The van der Waals surface area contributed by atoms with Crippen LogP contribution in [-0.4, -0.2) is 121 Å². The number of phenols is 1. The summed E-state index contributed by atoms with van der Waals surface area (Å²) in [6, 6.07) is 11.8. The lowest BCUT2D eigenvalue weighted by atomic mass is 9.78. The zero-order valence-corrected chi connectivity index (χ0v) is 34.4. The first-order valence-electron chi connectivity index (χ1n) is 18.7. The second kappa shape index (κ2) is 19.1. The van der Waals surface area contributed by atoms with Crippen molar-refractivity contribution in [2.45, 2.75) is 64.3 Å². The lowest BCUT2D eigenvalue weighted by Crippen LogP contribution is -2.50. The summed E-state index contributed by atoms with van der Waals surface area (Å²) >= 11 is 6.69. The van der Waals surface area contributed by atoms with Gasteiger partial charge in [-0.2, -0.15) is 0 Å². The van der Waals surface area contributed by atoms with E-state index in [1.54, 1.807) is 9.80 Å². The molecule has 294 valence electrons. The van der Waals surface area contributed by atoms with Gasteiger partial charge in [0.2, 0.25) is 5.91 Å². The normalized spacial score (nSPS) is 19.1. The topological polar surface area (TPSA) is 149 Å². The molecule has 3 fully saturated rings. The van der Waals surface area contributed by atoms with E-state index >= 15 is 0 Å². The minimum atomic E-state index is -0.795. The molecule has 6 rings (SSSR count). The highest BCUT2D eigenvalue weighted by molar-refractivity contribution is 9.11. The fraction of sp³-hybridized carbons (Fsp3) is 0.564. The molecular weight excluding hydrogens is 826 g/mol. The maximum absolute atomic E-state index is 13.0. The number of piperidine rings is 3. The van der Waals surface area contributed by atoms with E-state index in [9.17, 15) is 29.1 Å². The van der Waals surface area contributed by atoms with Crippen LogP contribution in [-0.2, 0) is 36.7 Å². The van der Waals surface area contributed by atoms with Gasteiger partial charge in [0.25, 0.3) is 0 Å². The number of aromatic hydroxyl groups is 1. The van der Waals surface area contributed by atoms with Crippen molar-refractivity contribution < 1.29 is 38.6 Å². The smallest absolute Gasteiger partial charge is 0.409 e. The van der Waals surface area contributed by atoms with Gasteiger partial charge in [0.05, 0.1) is 23.2 Å². The molecule has 1 atom stereocenters. The third kappa shape index (κ3) is 10.3. The highest BCUT2D eigenvalue weighted by Crippen LogP contribution is 2.35. The number of anilines is 1. The highest BCUT2D eigenvalue weighted by atomic mass is 79.9. The Bertz CT molecular complexity index is 1650. The number of urea groups is 1. The maximum atomic E-state index is 13.0. The van der Waals surface area contributed by atoms with Crippen LogP contribution in [0.15, 0.2) is 45.3 Å². The number of ether oxygens (including phenoxy) is 2. The van der Waals surface area contributed by atoms with Crippen molar-refractivity contribution in [1.29, 1.82) is 0 Å². The number of likely N-dealkylation sites (tertiary alicyclic amines) is 3. The molecule has 4 aliphatic rings. The van der Waals surface area contributed by atoms with Crippen molar-refractivity contribution in [3.63, 3.8) is 0 Å². The van der Waals surface area contributed by atoms with E-state index in [1.807, 2.05) is 47.1 Å². The third-order valence-electron chi connectivity index (χ3n) is 11.2. The Morgan fingerprint density at radius 3 is 1.94 bits per heavy atom. The summed E-state index contributed by atoms with van der Waals surface area (Å²) in [7, 11) is 2.62. The molecule has 0 spiro atoms. The van der Waals surface area contributed by atoms with Crippen molar-refractivity contribution >= 4 is 67.5 Å². The Hall–Kier alpha value is -3.85. The van der Waals surface area contributed by atoms with Crippen molar-refractivity contribution in [1.82, 2.24) is 19.6 Å². The molecule has 4 heterocycles. The number of amides is 5. The van der Waals surface area contributed by atoms with Crippen molar-refractivity contribution in [3.05, 3.63) is 56.5 Å². The number of benzene rings is 2. The number of methoxy groups -OCH3 is 2. The number of para-hydroxylation sites is 1. The van der Waals surface area contributed by atoms with E-state index in [0.717, 1.165) is 69.3 Å². The SMILES string of the molecule is COC(=O)C(=O)N1CCC(C2CCN(C(=O)[C@H](C)Cc3cc(Br)c(O)c(Br)c3)CC2)CC1.COC(=O)N1CCC(N2CCc3ccccc3NC2=O)CC1. The average Bonchev–Trinajstić information content (AvgIpc) is 3.37. The van der Waals surface area contributed by atoms with Gasteiger partial charge < -0.3 is 39.5 Å². The molecule has 0 aromatic heterocycles. The molecule has 3 saturated heterocycles. The molecule has 2 aromatic carbocycles. The number of nitrogens with zero attached hydrogens (tertiary/aromatic N) is 4. The summed E-state index contributed by atoms with van der Waals surface area (Å²) in [6.07, 6.45) is 6.50. The monoisotopic (exact) mass is 875 g/mol. The van der Waals surface area contributed by atoms with Gasteiger partial charge in [-0.3, -0.25) is 9.59 Å². The second-order valence-corrected chi connectivity index (χ2v) is 16.2. The quantitative estimate of drug-likeness (QED) is 0.273. The first-order valence-corrected chi connectivity index (χ1v) is 20.3. The number of hydrogen-bond donors (Lipinski definition) is 2. The molecule has 2 N–H and O–H groups in total. The minimum absolute atomic E-state index is 0.0403. The molecule has 54 heavy (non-hydrogen) atoms. The van der Waals surface area contributed by atoms with Gasteiger partial charge in [-0.15, -0.1) is 0 Å². The zero-order valence-electron chi connectivity index (χ0n) is 31.2. The maximum Gasteiger partial charge on any atom is 0.409 e. The summed E-state index contributed by atoms with van der Waals surface area (Å²) in [4.78, 5) is 67.6. The Balaban J connectivity index is 0.000000222. The van der Waals surface area contributed by atoms with Crippen LogP contribution in [0.1, 0.15) is 56.6 Å². The molecule has 5 amide bonds. The average molecular weight is 878 g/mol. The van der Waals surface area contributed by atoms with Gasteiger partial charge >= 0.3 is 24.0 Å². The van der Waals surface area contributed by atoms with Gasteiger partial charge in [-0.25, -0.2) is 14.4 Å². The van der Waals surface area contributed by atoms with E-state index in [1.165, 1.54) is 19.8 Å². The van der Waals surface area contributed by atoms with Gasteiger partial charge in [-0.05, 0) is 124 Å². The Kier molecular flexibility index (Phi) is 14.6. The summed E-state index contributed by atoms with van der Waals surface area (Å²) in [5.41, 5.74) is 3.07. The van der Waals surface area contributed by atoms with Crippen LogP contribution >= 0.6 is 31.9 Å². The van der Waals surface area contributed by atoms with Gasteiger partial charge in [-0.1, -0.05) is 25.1 Å². The van der Waals surface area contributed by atoms with E-state index in [2.05, 4.69) is 48.0 Å². The number of halogens is 2. The lowest BCUT2D eigenvalue weighted by molar-refractivity contribution is -0.159. The van der Waals surface area contributed by atoms with Gasteiger partial charge in [0, 0.05) is 63.5 Å². The van der Waals surface area contributed by atoms with E-state index in [4.69, 9.17) is 4.74 Å². The Morgan fingerprint density at radius 1 is 0.815 bits per heavy atom. The molecule has 2 aromatic rings. The van der Waals surface area contributed by atoms with E-state index in [-0.39, 0.29) is 35.7 Å². The van der Waals surface area contributed by atoms with Gasteiger partial charge in [0.15, 0.2) is 0 Å². The molecule has 13 nitrogen and oxygen atoms in total. The molecule has 0 unspecified atom stereocenters. The zero-order chi connectivity index (χ0) is 38.9. The van der Waals surface area contributed by atoms with Crippen LogP contribution in [0.4, 0.5) is 15.3 Å². The lowest BCUT2D eigenvalue weighted by Gasteiger charge is -2.40. The number of phenolic OH excluding ortho intramolecular Hbond substituents is 1.